The second kappa shape index (κ2) is 7.12. The van der Waals surface area contributed by atoms with Crippen LogP contribution in [0.1, 0.15) is 12.5 Å². The van der Waals surface area contributed by atoms with Gasteiger partial charge in [-0.25, -0.2) is 0 Å². The van der Waals surface area contributed by atoms with E-state index in [9.17, 15) is 15.0 Å². The van der Waals surface area contributed by atoms with E-state index in [-0.39, 0.29) is 29.9 Å². The maximum atomic E-state index is 12.1. The molecule has 112 valence electrons. The van der Waals surface area contributed by atoms with Gasteiger partial charge in [0.2, 0.25) is 5.91 Å². The van der Waals surface area contributed by atoms with Crippen molar-refractivity contribution in [3.8, 4) is 11.5 Å². The van der Waals surface area contributed by atoms with Crippen LogP contribution in [0.25, 0.3) is 0 Å². The predicted octanol–water partition coefficient (Wildman–Crippen LogP) is 0.461. The number of amides is 1. The molecule has 0 aromatic heterocycles. The van der Waals surface area contributed by atoms with Crippen LogP contribution in [0.15, 0.2) is 18.2 Å². The highest BCUT2D eigenvalue weighted by Gasteiger charge is 2.22. The van der Waals surface area contributed by atoms with E-state index in [1.807, 2.05) is 6.92 Å². The van der Waals surface area contributed by atoms with Crippen molar-refractivity contribution >= 4 is 5.91 Å². The van der Waals surface area contributed by atoms with E-state index in [4.69, 9.17) is 10.5 Å². The zero-order valence-corrected chi connectivity index (χ0v) is 12.0. The van der Waals surface area contributed by atoms with Gasteiger partial charge in [-0.3, -0.25) is 4.79 Å². The van der Waals surface area contributed by atoms with Gasteiger partial charge in [0.15, 0.2) is 11.5 Å². The van der Waals surface area contributed by atoms with Crippen molar-refractivity contribution in [3.63, 3.8) is 0 Å². The Hall–Kier alpha value is -1.79. The van der Waals surface area contributed by atoms with Gasteiger partial charge in [0.1, 0.15) is 0 Å². The summed E-state index contributed by atoms with van der Waals surface area (Å²) in [5.74, 6) is -0.607. The van der Waals surface area contributed by atoms with Crippen LogP contribution in [0.3, 0.4) is 0 Å². The Labute approximate surface area is 118 Å². The molecule has 0 radical (unpaired) electrons. The molecule has 1 aromatic rings. The molecule has 0 saturated carbocycles. The average molecular weight is 282 g/mol. The van der Waals surface area contributed by atoms with Crippen molar-refractivity contribution in [2.24, 2.45) is 5.73 Å². The minimum atomic E-state index is -0.705. The number of likely N-dealkylation sites (N-methyl/N-ethyl adjacent to an activating group) is 1. The molecule has 0 aliphatic carbocycles. The van der Waals surface area contributed by atoms with Crippen LogP contribution in [0.5, 0.6) is 11.5 Å². The topological polar surface area (TPSA) is 96.0 Å². The van der Waals surface area contributed by atoms with Crippen molar-refractivity contribution in [3.05, 3.63) is 23.8 Å². The minimum absolute atomic E-state index is 0.0632. The number of methoxy groups -OCH3 is 1. The lowest BCUT2D eigenvalue weighted by Crippen LogP contribution is -2.47. The first-order valence-electron chi connectivity index (χ1n) is 6.38. The smallest absolute Gasteiger partial charge is 0.239 e. The third-order valence-electron chi connectivity index (χ3n) is 3.23. The van der Waals surface area contributed by atoms with E-state index in [0.717, 1.165) is 0 Å². The highest BCUT2D eigenvalue weighted by Crippen LogP contribution is 2.25. The first-order valence-corrected chi connectivity index (χ1v) is 6.38. The molecule has 6 nitrogen and oxygen atoms in total. The summed E-state index contributed by atoms with van der Waals surface area (Å²) in [7, 11) is 3.26. The van der Waals surface area contributed by atoms with Crippen LogP contribution >= 0.6 is 0 Å². The maximum absolute atomic E-state index is 12.1. The van der Waals surface area contributed by atoms with Crippen LogP contribution in [0.4, 0.5) is 0 Å². The summed E-state index contributed by atoms with van der Waals surface area (Å²) < 4.78 is 5.01. The van der Waals surface area contributed by atoms with Crippen LogP contribution < -0.4 is 5.73 Å². The lowest BCUT2D eigenvalue weighted by molar-refractivity contribution is -0.134. The zero-order valence-electron chi connectivity index (χ0n) is 12.0. The molecule has 1 aromatic carbocycles. The highest BCUT2D eigenvalue weighted by molar-refractivity contribution is 5.82. The first kappa shape index (κ1) is 16.3. The van der Waals surface area contributed by atoms with Gasteiger partial charge in [0.25, 0.3) is 0 Å². The fraction of sp³-hybridized carbons (Fsp3) is 0.500. The molecule has 0 aliphatic rings. The van der Waals surface area contributed by atoms with Gasteiger partial charge in [-0.1, -0.05) is 6.07 Å². The van der Waals surface area contributed by atoms with E-state index in [1.54, 1.807) is 25.1 Å². The third kappa shape index (κ3) is 4.11. The maximum Gasteiger partial charge on any atom is 0.239 e. The van der Waals surface area contributed by atoms with Gasteiger partial charge in [0.05, 0.1) is 18.7 Å². The molecular formula is C14H22N2O4. The molecule has 0 aliphatic heterocycles. The number of benzene rings is 1. The molecule has 0 bridgehead atoms. The van der Waals surface area contributed by atoms with Crippen LogP contribution in [0, 0.1) is 0 Å². The van der Waals surface area contributed by atoms with E-state index >= 15 is 0 Å². The lowest BCUT2D eigenvalue weighted by Gasteiger charge is -2.27. The fourth-order valence-electron chi connectivity index (χ4n) is 1.87. The third-order valence-corrected chi connectivity index (χ3v) is 3.23. The standard InChI is InChI=1S/C14H22N2O4/c1-9(8-20-3)16(2)14(19)11(15)6-10-4-5-12(17)13(18)7-10/h4-5,7,9,11,17-18H,6,8,15H2,1-3H3/t9?,11-/m0/s1. The Morgan fingerprint density at radius 1 is 1.40 bits per heavy atom. The molecule has 20 heavy (non-hydrogen) atoms. The SMILES string of the molecule is COCC(C)N(C)C(=O)[C@@H](N)Cc1ccc(O)c(O)c1. The first-order chi connectivity index (χ1) is 9.36. The number of aromatic hydroxyl groups is 2. The van der Waals surface area contributed by atoms with E-state index < -0.39 is 6.04 Å². The number of nitrogens with zero attached hydrogens (tertiary/aromatic N) is 1. The lowest BCUT2D eigenvalue weighted by atomic mass is 10.0. The average Bonchev–Trinajstić information content (AvgIpc) is 2.41. The summed E-state index contributed by atoms with van der Waals surface area (Å²) in [5, 5.41) is 18.7. The molecular weight excluding hydrogens is 260 g/mol. The summed E-state index contributed by atoms with van der Waals surface area (Å²) in [6.07, 6.45) is 0.288. The number of nitrogens with two attached hydrogens (primary N) is 1. The van der Waals surface area contributed by atoms with Gasteiger partial charge in [-0.15, -0.1) is 0 Å². The van der Waals surface area contributed by atoms with Gasteiger partial charge in [-0.2, -0.15) is 0 Å². The van der Waals surface area contributed by atoms with Crippen molar-refractivity contribution < 1.29 is 19.7 Å². The summed E-state index contributed by atoms with van der Waals surface area (Å²) in [6, 6.07) is 3.64. The van der Waals surface area contributed by atoms with E-state index in [2.05, 4.69) is 0 Å². The molecule has 1 unspecified atom stereocenters. The number of hydrogen-bond donors (Lipinski definition) is 3. The molecule has 2 atom stereocenters. The Balaban J connectivity index is 2.67. The van der Waals surface area contributed by atoms with Crippen molar-refractivity contribution in [2.45, 2.75) is 25.4 Å². The molecule has 0 heterocycles. The van der Waals surface area contributed by atoms with E-state index in [1.165, 1.54) is 12.1 Å². The van der Waals surface area contributed by atoms with Gasteiger partial charge < -0.3 is 25.6 Å². The number of carbonyl (C=O) groups is 1. The fourth-order valence-corrected chi connectivity index (χ4v) is 1.87. The Morgan fingerprint density at radius 2 is 2.05 bits per heavy atom. The number of hydrogen-bond acceptors (Lipinski definition) is 5. The zero-order chi connectivity index (χ0) is 15.3. The number of ether oxygens (including phenoxy) is 1. The summed E-state index contributed by atoms with van der Waals surface area (Å²) in [4.78, 5) is 13.7. The second-order valence-electron chi connectivity index (χ2n) is 4.89. The second-order valence-corrected chi connectivity index (χ2v) is 4.89. The number of phenolic OH excluding ortho intramolecular Hbond substituents is 2. The highest BCUT2D eigenvalue weighted by atomic mass is 16.5. The largest absolute Gasteiger partial charge is 0.504 e. The normalized spacial score (nSPS) is 13.8. The molecule has 0 saturated heterocycles. The monoisotopic (exact) mass is 282 g/mol. The molecule has 4 N–H and O–H groups in total. The van der Waals surface area contributed by atoms with Crippen LogP contribution in [-0.2, 0) is 16.0 Å². The summed E-state index contributed by atoms with van der Waals surface area (Å²) in [5.41, 5.74) is 6.58. The molecule has 1 rings (SSSR count). The Morgan fingerprint density at radius 3 is 2.60 bits per heavy atom. The van der Waals surface area contributed by atoms with Crippen LogP contribution in [-0.4, -0.2) is 53.9 Å². The van der Waals surface area contributed by atoms with Crippen molar-refractivity contribution in [1.29, 1.82) is 0 Å². The van der Waals surface area contributed by atoms with Crippen LogP contribution in [0.2, 0.25) is 0 Å². The number of phenols is 2. The summed E-state index contributed by atoms with van der Waals surface area (Å²) >= 11 is 0. The van der Waals surface area contributed by atoms with E-state index in [0.29, 0.717) is 12.2 Å². The van der Waals surface area contributed by atoms with Gasteiger partial charge in [-0.05, 0) is 31.0 Å². The predicted molar refractivity (Wildman–Crippen MR) is 75.6 cm³/mol. The van der Waals surface area contributed by atoms with Crippen molar-refractivity contribution in [1.82, 2.24) is 4.90 Å². The molecule has 1 amide bonds. The Bertz CT molecular complexity index is 464. The van der Waals surface area contributed by atoms with Crippen molar-refractivity contribution in [2.75, 3.05) is 20.8 Å². The number of carbonyl (C=O) groups excluding carboxylic acids is 1. The Kier molecular flexibility index (Phi) is 5.79. The van der Waals surface area contributed by atoms with Gasteiger partial charge >= 0.3 is 0 Å². The molecule has 6 heteroatoms. The minimum Gasteiger partial charge on any atom is -0.504 e. The molecule has 0 spiro atoms. The quantitative estimate of drug-likeness (QED) is 0.659. The summed E-state index contributed by atoms with van der Waals surface area (Å²) in [6.45, 7) is 2.31. The van der Waals surface area contributed by atoms with Gasteiger partial charge in [0, 0.05) is 14.2 Å². The molecule has 0 fully saturated rings. The number of rotatable bonds is 6.